The van der Waals surface area contributed by atoms with E-state index in [9.17, 15) is 0 Å². The number of nitrogens with one attached hydrogen (secondary N) is 1. The predicted molar refractivity (Wildman–Crippen MR) is 75.3 cm³/mol. The fourth-order valence-electron chi connectivity index (χ4n) is 2.12. The minimum atomic E-state index is 0.0845. The molecule has 100 valence electrons. The Bertz CT molecular complexity index is 542. The van der Waals surface area contributed by atoms with Gasteiger partial charge in [0.25, 0.3) is 0 Å². The summed E-state index contributed by atoms with van der Waals surface area (Å²) in [5.41, 5.74) is 3.27. The zero-order valence-corrected chi connectivity index (χ0v) is 11.6. The number of methoxy groups -OCH3 is 1. The van der Waals surface area contributed by atoms with Crippen LogP contribution in [0.25, 0.3) is 0 Å². The predicted octanol–water partition coefficient (Wildman–Crippen LogP) is 2.49. The van der Waals surface area contributed by atoms with Gasteiger partial charge < -0.3 is 10.1 Å². The highest BCUT2D eigenvalue weighted by atomic mass is 16.5. The first kappa shape index (κ1) is 13.5. The van der Waals surface area contributed by atoms with Crippen molar-refractivity contribution in [3.8, 4) is 5.75 Å². The van der Waals surface area contributed by atoms with Crippen LogP contribution >= 0.6 is 0 Å². The Morgan fingerprint density at radius 1 is 1.37 bits per heavy atom. The van der Waals surface area contributed by atoms with E-state index in [-0.39, 0.29) is 6.04 Å². The Balaban J connectivity index is 2.42. The van der Waals surface area contributed by atoms with Gasteiger partial charge in [-0.2, -0.15) is 0 Å². The van der Waals surface area contributed by atoms with Gasteiger partial charge in [0.15, 0.2) is 0 Å². The minimum Gasteiger partial charge on any atom is -0.495 e. The second kappa shape index (κ2) is 6.29. The molecule has 0 aliphatic rings. The molecule has 1 N–H and O–H groups in total. The molecule has 2 aromatic rings. The topological polar surface area (TPSA) is 47.0 Å². The summed E-state index contributed by atoms with van der Waals surface area (Å²) < 4.78 is 5.24. The Hall–Kier alpha value is -1.94. The number of aryl methyl sites for hydroxylation is 1. The van der Waals surface area contributed by atoms with Crippen molar-refractivity contribution >= 4 is 0 Å². The average Bonchev–Trinajstić information content (AvgIpc) is 2.46. The van der Waals surface area contributed by atoms with Gasteiger partial charge in [-0.1, -0.05) is 13.0 Å². The van der Waals surface area contributed by atoms with Crippen molar-refractivity contribution < 1.29 is 4.74 Å². The summed E-state index contributed by atoms with van der Waals surface area (Å²) in [6.45, 7) is 4.98. The molecular weight excluding hydrogens is 238 g/mol. The second-order valence-electron chi connectivity index (χ2n) is 4.33. The summed E-state index contributed by atoms with van der Waals surface area (Å²) in [5.74, 6) is 0.766. The Morgan fingerprint density at radius 3 is 2.89 bits per heavy atom. The molecule has 2 rings (SSSR count). The molecule has 1 atom stereocenters. The fraction of sp³-hybridized carbons (Fsp3) is 0.333. The number of ether oxygens (including phenoxy) is 1. The molecule has 0 saturated heterocycles. The molecule has 0 radical (unpaired) electrons. The highest BCUT2D eigenvalue weighted by Gasteiger charge is 2.16. The van der Waals surface area contributed by atoms with Gasteiger partial charge in [0, 0.05) is 18.1 Å². The van der Waals surface area contributed by atoms with Crippen LogP contribution < -0.4 is 10.1 Å². The molecule has 4 nitrogen and oxygen atoms in total. The fourth-order valence-corrected chi connectivity index (χ4v) is 2.12. The molecule has 0 bridgehead atoms. The van der Waals surface area contributed by atoms with Crippen LogP contribution in [0.1, 0.15) is 29.8 Å². The highest BCUT2D eigenvalue weighted by Crippen LogP contribution is 2.25. The molecular formula is C15H19N3O. The lowest BCUT2D eigenvalue weighted by Gasteiger charge is -2.20. The third kappa shape index (κ3) is 3.09. The molecule has 4 heteroatoms. The summed E-state index contributed by atoms with van der Waals surface area (Å²) in [4.78, 5) is 8.59. The second-order valence-corrected chi connectivity index (χ2v) is 4.33. The van der Waals surface area contributed by atoms with Gasteiger partial charge in [-0.25, -0.2) is 0 Å². The Kier molecular flexibility index (Phi) is 4.47. The van der Waals surface area contributed by atoms with E-state index < -0.39 is 0 Å². The lowest BCUT2D eigenvalue weighted by atomic mass is 9.99. The van der Waals surface area contributed by atoms with E-state index in [0.29, 0.717) is 0 Å². The van der Waals surface area contributed by atoms with Crippen molar-refractivity contribution in [3.05, 3.63) is 53.6 Å². The first-order valence-corrected chi connectivity index (χ1v) is 6.40. The van der Waals surface area contributed by atoms with Crippen LogP contribution in [0.5, 0.6) is 5.75 Å². The van der Waals surface area contributed by atoms with Crippen LogP contribution in [0.2, 0.25) is 0 Å². The van der Waals surface area contributed by atoms with Crippen molar-refractivity contribution in [2.45, 2.75) is 19.9 Å². The number of pyridine rings is 2. The summed E-state index contributed by atoms with van der Waals surface area (Å²) in [5, 5.41) is 3.47. The Labute approximate surface area is 113 Å². The summed E-state index contributed by atoms with van der Waals surface area (Å²) in [7, 11) is 1.65. The molecule has 1 unspecified atom stereocenters. The van der Waals surface area contributed by atoms with Gasteiger partial charge in [-0.15, -0.1) is 0 Å². The first-order chi connectivity index (χ1) is 9.26. The highest BCUT2D eigenvalue weighted by molar-refractivity contribution is 5.35. The maximum absolute atomic E-state index is 5.24. The number of rotatable bonds is 5. The molecule has 0 aliphatic heterocycles. The number of aromatic nitrogens is 2. The van der Waals surface area contributed by atoms with Crippen molar-refractivity contribution in [1.82, 2.24) is 15.3 Å². The minimum absolute atomic E-state index is 0.0845. The number of nitrogens with zero attached hydrogens (tertiary/aromatic N) is 2. The number of hydrogen-bond acceptors (Lipinski definition) is 4. The Morgan fingerprint density at radius 2 is 2.21 bits per heavy atom. The molecule has 0 aliphatic carbocycles. The molecule has 0 aromatic carbocycles. The van der Waals surface area contributed by atoms with Crippen molar-refractivity contribution in [1.29, 1.82) is 0 Å². The maximum Gasteiger partial charge on any atom is 0.137 e. The number of hydrogen-bond donors (Lipinski definition) is 1. The van der Waals surface area contributed by atoms with Crippen molar-refractivity contribution in [2.24, 2.45) is 0 Å². The van der Waals surface area contributed by atoms with Gasteiger partial charge in [0.2, 0.25) is 0 Å². The third-order valence-corrected chi connectivity index (χ3v) is 3.07. The normalized spacial score (nSPS) is 12.2. The van der Waals surface area contributed by atoms with E-state index >= 15 is 0 Å². The molecule has 0 saturated carbocycles. The van der Waals surface area contributed by atoms with Gasteiger partial charge in [0.1, 0.15) is 5.75 Å². The molecule has 19 heavy (non-hydrogen) atoms. The smallest absolute Gasteiger partial charge is 0.137 e. The summed E-state index contributed by atoms with van der Waals surface area (Å²) in [6.07, 6.45) is 5.39. The monoisotopic (exact) mass is 257 g/mol. The zero-order valence-electron chi connectivity index (χ0n) is 11.6. The largest absolute Gasteiger partial charge is 0.495 e. The van der Waals surface area contributed by atoms with Gasteiger partial charge in [-0.3, -0.25) is 9.97 Å². The van der Waals surface area contributed by atoms with Crippen LogP contribution in [0, 0.1) is 6.92 Å². The molecule has 0 fully saturated rings. The zero-order chi connectivity index (χ0) is 13.7. The van der Waals surface area contributed by atoms with E-state index in [1.165, 1.54) is 5.56 Å². The average molecular weight is 257 g/mol. The van der Waals surface area contributed by atoms with Crippen LogP contribution in [0.3, 0.4) is 0 Å². The summed E-state index contributed by atoms with van der Waals surface area (Å²) in [6, 6.07) is 6.14. The standard InChI is InChI=1S/C15H19N3O/c1-4-17-15(14-6-5-7-18-11(14)2)12-8-13(19-3)10-16-9-12/h5-10,15,17H,4H2,1-3H3. The van der Waals surface area contributed by atoms with Crippen LogP contribution in [0.15, 0.2) is 36.8 Å². The van der Waals surface area contributed by atoms with Gasteiger partial charge in [0.05, 0.1) is 19.3 Å². The maximum atomic E-state index is 5.24. The van der Waals surface area contributed by atoms with Crippen LogP contribution in [-0.4, -0.2) is 23.6 Å². The quantitative estimate of drug-likeness (QED) is 0.894. The first-order valence-electron chi connectivity index (χ1n) is 6.40. The lowest BCUT2D eigenvalue weighted by molar-refractivity contribution is 0.411. The van der Waals surface area contributed by atoms with Crippen molar-refractivity contribution in [3.63, 3.8) is 0 Å². The van der Waals surface area contributed by atoms with Crippen molar-refractivity contribution in [2.75, 3.05) is 13.7 Å². The molecule has 2 heterocycles. The van der Waals surface area contributed by atoms with Gasteiger partial charge >= 0.3 is 0 Å². The van der Waals surface area contributed by atoms with E-state index in [2.05, 4.69) is 28.3 Å². The van der Waals surface area contributed by atoms with Crippen LogP contribution in [-0.2, 0) is 0 Å². The molecule has 0 spiro atoms. The molecule has 0 amide bonds. The third-order valence-electron chi connectivity index (χ3n) is 3.07. The summed E-state index contributed by atoms with van der Waals surface area (Å²) >= 11 is 0. The lowest BCUT2D eigenvalue weighted by Crippen LogP contribution is -2.23. The molecule has 2 aromatic heterocycles. The van der Waals surface area contributed by atoms with Gasteiger partial charge in [-0.05, 0) is 36.7 Å². The van der Waals surface area contributed by atoms with E-state index in [1.807, 2.05) is 31.5 Å². The SMILES string of the molecule is CCNC(c1cncc(OC)c1)c1cccnc1C. The van der Waals surface area contributed by atoms with E-state index in [0.717, 1.165) is 23.6 Å². The van der Waals surface area contributed by atoms with E-state index in [4.69, 9.17) is 4.74 Å². The van der Waals surface area contributed by atoms with E-state index in [1.54, 1.807) is 13.3 Å². The van der Waals surface area contributed by atoms with Crippen LogP contribution in [0.4, 0.5) is 0 Å².